The van der Waals surface area contributed by atoms with Crippen molar-refractivity contribution in [3.8, 4) is 39.6 Å². The fourth-order valence-corrected chi connectivity index (χ4v) is 7.07. The summed E-state index contributed by atoms with van der Waals surface area (Å²) in [5.74, 6) is -1.93. The van der Waals surface area contributed by atoms with Crippen molar-refractivity contribution >= 4 is 41.0 Å². The number of Topliss-reactive ketones (excluding diaryl/α,β-unsaturated/α-hetero) is 1. The molecular weight excluding hydrogens is 671 g/mol. The molecule has 1 aliphatic heterocycles. The number of aromatic nitrogens is 1. The molecule has 2 amide bonds. The number of pyridine rings is 1. The monoisotopic (exact) mass is 699 g/mol. The minimum atomic E-state index is -0.820. The van der Waals surface area contributed by atoms with Crippen molar-refractivity contribution < 1.29 is 23.9 Å². The van der Waals surface area contributed by atoms with Gasteiger partial charge in [0.25, 0.3) is 0 Å². The van der Waals surface area contributed by atoms with Gasteiger partial charge in [-0.15, -0.1) is 0 Å². The molecule has 0 N–H and O–H groups in total. The molecule has 1 aromatic heterocycles. The summed E-state index contributed by atoms with van der Waals surface area (Å²) < 4.78 is 5.28. The average molecular weight is 700 g/mol. The summed E-state index contributed by atoms with van der Waals surface area (Å²) in [6.07, 6.45) is -0.0927. The van der Waals surface area contributed by atoms with Crippen LogP contribution in [-0.2, 0) is 14.3 Å². The SMILES string of the molecule is N#Cc1c(-c2ccccc2)cc(-c2ccccc2)nc1SC1CC(=O)N(c2ccc(C(=O)OCC(=O)c3ccc(-c4ccccc4)cc3)cc2)C1=O. The Hall–Kier alpha value is -6.63. The highest BCUT2D eigenvalue weighted by molar-refractivity contribution is 8.00. The molecule has 1 atom stereocenters. The number of nitriles is 1. The zero-order chi connectivity index (χ0) is 36.0. The molecule has 1 aliphatic rings. The molecule has 5 aromatic carbocycles. The van der Waals surface area contributed by atoms with E-state index in [9.17, 15) is 24.4 Å². The number of nitrogens with zero attached hydrogens (tertiary/aromatic N) is 3. The van der Waals surface area contributed by atoms with Crippen LogP contribution in [0.2, 0.25) is 0 Å². The number of esters is 1. The van der Waals surface area contributed by atoms with Crippen molar-refractivity contribution in [1.29, 1.82) is 5.26 Å². The number of carbonyl (C=O) groups excluding carboxylic acids is 4. The van der Waals surface area contributed by atoms with E-state index in [2.05, 4.69) is 6.07 Å². The lowest BCUT2D eigenvalue weighted by atomic mass is 9.99. The standard InChI is InChI=1S/C43H29N3O5S/c44-26-36-35(30-12-6-2-7-13-30)24-37(31-14-8-3-9-15-31)45-41(36)52-39-25-40(48)46(42(39)49)34-22-20-33(21-23-34)43(50)51-27-38(47)32-18-16-29(17-19-32)28-10-4-1-5-11-28/h1-24,39H,25,27H2. The maximum Gasteiger partial charge on any atom is 0.338 e. The van der Waals surface area contributed by atoms with Gasteiger partial charge in [0, 0.05) is 23.1 Å². The van der Waals surface area contributed by atoms with E-state index in [1.807, 2.05) is 109 Å². The number of rotatable bonds is 10. The number of benzene rings is 5. The Kier molecular flexibility index (Phi) is 9.82. The van der Waals surface area contributed by atoms with E-state index in [0.717, 1.165) is 38.9 Å². The van der Waals surface area contributed by atoms with Crippen LogP contribution in [0.25, 0.3) is 33.5 Å². The Morgan fingerprint density at radius 3 is 1.90 bits per heavy atom. The third-order valence-corrected chi connectivity index (χ3v) is 9.79. The highest BCUT2D eigenvalue weighted by Crippen LogP contribution is 2.39. The summed E-state index contributed by atoms with van der Waals surface area (Å²) in [7, 11) is 0. The van der Waals surface area contributed by atoms with Crippen molar-refractivity contribution in [2.45, 2.75) is 16.7 Å². The minimum Gasteiger partial charge on any atom is -0.454 e. The lowest BCUT2D eigenvalue weighted by Gasteiger charge is -2.16. The number of imide groups is 1. The summed E-state index contributed by atoms with van der Waals surface area (Å²) in [4.78, 5) is 58.3. The Morgan fingerprint density at radius 2 is 1.29 bits per heavy atom. The summed E-state index contributed by atoms with van der Waals surface area (Å²) >= 11 is 1.09. The smallest absolute Gasteiger partial charge is 0.338 e. The topological polar surface area (TPSA) is 117 Å². The van der Waals surface area contributed by atoms with E-state index in [1.165, 1.54) is 24.3 Å². The zero-order valence-electron chi connectivity index (χ0n) is 27.6. The predicted octanol–water partition coefficient (Wildman–Crippen LogP) is 8.42. The second-order valence-corrected chi connectivity index (χ2v) is 13.1. The maximum atomic E-state index is 13.7. The molecular formula is C43H29N3O5S. The molecule has 1 saturated heterocycles. The van der Waals surface area contributed by atoms with Gasteiger partial charge in [-0.2, -0.15) is 5.26 Å². The Balaban J connectivity index is 1.04. The van der Waals surface area contributed by atoms with Crippen LogP contribution < -0.4 is 4.90 Å². The van der Waals surface area contributed by atoms with Gasteiger partial charge in [0.1, 0.15) is 11.1 Å². The van der Waals surface area contributed by atoms with Gasteiger partial charge in [-0.25, -0.2) is 14.7 Å². The second-order valence-electron chi connectivity index (χ2n) is 11.9. The van der Waals surface area contributed by atoms with Gasteiger partial charge in [-0.3, -0.25) is 14.4 Å². The van der Waals surface area contributed by atoms with Gasteiger partial charge >= 0.3 is 5.97 Å². The van der Waals surface area contributed by atoms with Crippen LogP contribution in [0.4, 0.5) is 5.69 Å². The second kappa shape index (κ2) is 15.1. The normalized spacial score (nSPS) is 13.8. The third-order valence-electron chi connectivity index (χ3n) is 8.62. The van der Waals surface area contributed by atoms with Gasteiger partial charge in [-0.1, -0.05) is 127 Å². The highest BCUT2D eigenvalue weighted by Gasteiger charge is 2.41. The molecule has 1 fully saturated rings. The Labute approximate surface area is 304 Å². The van der Waals surface area contributed by atoms with Crippen LogP contribution in [0.5, 0.6) is 0 Å². The van der Waals surface area contributed by atoms with E-state index < -0.39 is 29.6 Å². The molecule has 9 heteroatoms. The molecule has 0 aliphatic carbocycles. The van der Waals surface area contributed by atoms with Crippen LogP contribution in [0, 0.1) is 11.3 Å². The van der Waals surface area contributed by atoms with Crippen LogP contribution in [0.1, 0.15) is 32.7 Å². The molecule has 1 unspecified atom stereocenters. The first-order chi connectivity index (χ1) is 25.4. The van der Waals surface area contributed by atoms with Crippen molar-refractivity contribution in [2.75, 3.05) is 11.5 Å². The molecule has 8 nitrogen and oxygen atoms in total. The summed E-state index contributed by atoms with van der Waals surface area (Å²) in [6, 6.07) is 45.9. The van der Waals surface area contributed by atoms with Crippen LogP contribution in [0.15, 0.2) is 151 Å². The minimum absolute atomic E-state index is 0.0927. The number of anilines is 1. The number of amides is 2. The summed E-state index contributed by atoms with van der Waals surface area (Å²) in [5.41, 5.74) is 6.18. The lowest BCUT2D eigenvalue weighted by molar-refractivity contribution is -0.121. The number of hydrogen-bond donors (Lipinski definition) is 0. The van der Waals surface area contributed by atoms with Gasteiger partial charge in [0.05, 0.1) is 27.8 Å². The highest BCUT2D eigenvalue weighted by atomic mass is 32.2. The van der Waals surface area contributed by atoms with Crippen molar-refractivity contribution in [3.05, 3.63) is 162 Å². The van der Waals surface area contributed by atoms with Gasteiger partial charge in [0.15, 0.2) is 12.4 Å². The Morgan fingerprint density at radius 1 is 0.731 bits per heavy atom. The van der Waals surface area contributed by atoms with Crippen LogP contribution >= 0.6 is 11.8 Å². The quantitative estimate of drug-likeness (QED) is 0.0795. The van der Waals surface area contributed by atoms with E-state index in [-0.39, 0.29) is 17.8 Å². The largest absolute Gasteiger partial charge is 0.454 e. The number of ether oxygens (including phenoxy) is 1. The summed E-state index contributed by atoms with van der Waals surface area (Å²) in [6.45, 7) is -0.441. The number of ketones is 1. The predicted molar refractivity (Wildman–Crippen MR) is 200 cm³/mol. The molecule has 2 heterocycles. The van der Waals surface area contributed by atoms with Crippen molar-refractivity contribution in [1.82, 2.24) is 4.98 Å². The van der Waals surface area contributed by atoms with E-state index in [0.29, 0.717) is 33.1 Å². The first-order valence-electron chi connectivity index (χ1n) is 16.4. The lowest BCUT2D eigenvalue weighted by Crippen LogP contribution is -2.31. The Bertz CT molecular complexity index is 2320. The molecule has 0 saturated carbocycles. The fourth-order valence-electron chi connectivity index (χ4n) is 5.94. The van der Waals surface area contributed by atoms with E-state index >= 15 is 0 Å². The molecule has 6 aromatic rings. The molecule has 52 heavy (non-hydrogen) atoms. The number of thioether (sulfide) groups is 1. The maximum absolute atomic E-state index is 13.7. The fraction of sp³-hybridized carbons (Fsp3) is 0.0698. The van der Waals surface area contributed by atoms with Crippen LogP contribution in [0.3, 0.4) is 0 Å². The zero-order valence-corrected chi connectivity index (χ0v) is 28.5. The average Bonchev–Trinajstić information content (AvgIpc) is 3.48. The number of hydrogen-bond acceptors (Lipinski definition) is 8. The molecule has 0 radical (unpaired) electrons. The molecule has 252 valence electrons. The van der Waals surface area contributed by atoms with E-state index in [1.54, 1.807) is 12.1 Å². The third kappa shape index (κ3) is 7.15. The van der Waals surface area contributed by atoms with Gasteiger partial charge in [-0.05, 0) is 47.0 Å². The molecule has 0 spiro atoms. The molecule has 7 rings (SSSR count). The van der Waals surface area contributed by atoms with E-state index in [4.69, 9.17) is 9.72 Å². The molecule has 0 bridgehead atoms. The van der Waals surface area contributed by atoms with Crippen LogP contribution in [-0.4, -0.2) is 40.4 Å². The van der Waals surface area contributed by atoms with Gasteiger partial charge < -0.3 is 4.74 Å². The first-order valence-corrected chi connectivity index (χ1v) is 17.3. The number of carbonyl (C=O) groups is 4. The van der Waals surface area contributed by atoms with Crippen molar-refractivity contribution in [2.24, 2.45) is 0 Å². The summed E-state index contributed by atoms with van der Waals surface area (Å²) in [5, 5.41) is 9.81. The first kappa shape index (κ1) is 33.8. The van der Waals surface area contributed by atoms with Crippen molar-refractivity contribution in [3.63, 3.8) is 0 Å². The van der Waals surface area contributed by atoms with Gasteiger partial charge in [0.2, 0.25) is 11.8 Å².